The fourth-order valence-corrected chi connectivity index (χ4v) is 4.12. The molecule has 8 heteroatoms. The number of aliphatic carboxylic acids is 1. The number of carboxylic acids is 1. The van der Waals surface area contributed by atoms with E-state index in [1.54, 1.807) is 4.90 Å². The van der Waals surface area contributed by atoms with Gasteiger partial charge in [0.05, 0.1) is 25.6 Å². The zero-order valence-electron chi connectivity index (χ0n) is 18.7. The van der Waals surface area contributed by atoms with E-state index in [1.165, 1.54) is 0 Å². The van der Waals surface area contributed by atoms with Crippen molar-refractivity contribution in [1.29, 1.82) is 0 Å². The van der Waals surface area contributed by atoms with Crippen molar-refractivity contribution in [3.8, 4) is 0 Å². The van der Waals surface area contributed by atoms with E-state index < -0.39 is 17.2 Å². The number of esters is 1. The summed E-state index contributed by atoms with van der Waals surface area (Å²) in [5, 5.41) is 9.31. The van der Waals surface area contributed by atoms with Crippen LogP contribution in [0.1, 0.15) is 54.4 Å². The average Bonchev–Trinajstić information content (AvgIpc) is 2.47. The number of carboxylic acid groups (broad SMARTS) is 1. The minimum atomic E-state index is -0.764. The lowest BCUT2D eigenvalue weighted by molar-refractivity contribution is -0.930. The van der Waals surface area contributed by atoms with E-state index in [9.17, 15) is 19.5 Å². The van der Waals surface area contributed by atoms with Crippen LogP contribution in [0.4, 0.5) is 4.79 Å². The van der Waals surface area contributed by atoms with Crippen LogP contribution in [0.15, 0.2) is 0 Å². The molecule has 0 aromatic carbocycles. The molecule has 2 aliphatic rings. The van der Waals surface area contributed by atoms with E-state index in [2.05, 4.69) is 0 Å². The number of quaternary nitrogens is 1. The molecule has 2 aliphatic heterocycles. The van der Waals surface area contributed by atoms with E-state index in [0.29, 0.717) is 43.5 Å². The molecule has 0 aliphatic carbocycles. The van der Waals surface area contributed by atoms with Gasteiger partial charge in [-0.2, -0.15) is 0 Å². The molecule has 2 rings (SSSR count). The van der Waals surface area contributed by atoms with Crippen molar-refractivity contribution in [2.75, 3.05) is 39.3 Å². The molecular formula is C21H37N2O6+. The third-order valence-electron chi connectivity index (χ3n) is 5.39. The predicted molar refractivity (Wildman–Crippen MR) is 107 cm³/mol. The summed E-state index contributed by atoms with van der Waals surface area (Å²) in [7, 11) is 0. The number of piperidine rings is 1. The normalized spacial score (nSPS) is 25.9. The van der Waals surface area contributed by atoms with Gasteiger partial charge in [0.15, 0.2) is 6.54 Å². The summed E-state index contributed by atoms with van der Waals surface area (Å²) in [4.78, 5) is 37.7. The molecule has 0 spiro atoms. The third kappa shape index (κ3) is 7.17. The standard InChI is InChI=1S/C21H36N2O6/c1-20(2,3)28-17(24)14-23(9-7-16(8-10-23)18(25)26)13-15-11-22(12-15)19(27)29-21(4,5)6/h15-16H,7-14H2,1-6H3/p+1/t16-,23-. The Labute approximate surface area is 173 Å². The second kappa shape index (κ2) is 8.50. The number of carbonyl (C=O) groups excluding carboxylic acids is 2. The molecule has 0 aromatic heterocycles. The van der Waals surface area contributed by atoms with Crippen molar-refractivity contribution in [2.24, 2.45) is 11.8 Å². The highest BCUT2D eigenvalue weighted by atomic mass is 16.6. The van der Waals surface area contributed by atoms with Gasteiger partial charge in [-0.3, -0.25) is 4.79 Å². The van der Waals surface area contributed by atoms with Crippen molar-refractivity contribution in [3.63, 3.8) is 0 Å². The number of likely N-dealkylation sites (tertiary alicyclic amines) is 2. The number of ether oxygens (including phenoxy) is 2. The Kier molecular flexibility index (Phi) is 6.87. The van der Waals surface area contributed by atoms with Gasteiger partial charge in [0.2, 0.25) is 0 Å². The van der Waals surface area contributed by atoms with Gasteiger partial charge in [-0.05, 0) is 41.5 Å². The number of amides is 1. The molecule has 8 nitrogen and oxygen atoms in total. The van der Waals surface area contributed by atoms with Crippen LogP contribution in [0.5, 0.6) is 0 Å². The minimum Gasteiger partial charge on any atom is -0.481 e. The van der Waals surface area contributed by atoms with Gasteiger partial charge in [-0.1, -0.05) is 0 Å². The second-order valence-electron chi connectivity index (χ2n) is 10.6. The lowest BCUT2D eigenvalue weighted by Crippen LogP contribution is -2.63. The first-order valence-corrected chi connectivity index (χ1v) is 10.5. The molecule has 1 amide bonds. The third-order valence-corrected chi connectivity index (χ3v) is 5.39. The van der Waals surface area contributed by atoms with Crippen LogP contribution in [-0.2, 0) is 19.1 Å². The zero-order chi connectivity index (χ0) is 22.0. The highest BCUT2D eigenvalue weighted by molar-refractivity contribution is 5.71. The highest BCUT2D eigenvalue weighted by Crippen LogP contribution is 2.29. The lowest BCUT2D eigenvalue weighted by atomic mass is 9.91. The molecule has 2 heterocycles. The van der Waals surface area contributed by atoms with Crippen LogP contribution in [0.25, 0.3) is 0 Å². The van der Waals surface area contributed by atoms with Crippen molar-refractivity contribution < 1.29 is 33.4 Å². The molecule has 2 saturated heterocycles. The molecule has 0 bridgehead atoms. The van der Waals surface area contributed by atoms with Gasteiger partial charge < -0.3 is 24.0 Å². The monoisotopic (exact) mass is 413 g/mol. The van der Waals surface area contributed by atoms with Gasteiger partial charge in [-0.25, -0.2) is 9.59 Å². The molecule has 0 saturated carbocycles. The molecule has 1 N–H and O–H groups in total. The summed E-state index contributed by atoms with van der Waals surface area (Å²) in [6.07, 6.45) is 0.804. The van der Waals surface area contributed by atoms with E-state index in [0.717, 1.165) is 6.54 Å². The fraction of sp³-hybridized carbons (Fsp3) is 0.857. The summed E-state index contributed by atoms with van der Waals surface area (Å²) < 4.78 is 11.5. The molecule has 0 unspecified atom stereocenters. The molecule has 2 fully saturated rings. The Morgan fingerprint density at radius 1 is 0.966 bits per heavy atom. The maximum Gasteiger partial charge on any atom is 0.410 e. The van der Waals surface area contributed by atoms with Crippen molar-refractivity contribution >= 4 is 18.0 Å². The van der Waals surface area contributed by atoms with Gasteiger partial charge in [-0.15, -0.1) is 0 Å². The molecule has 0 radical (unpaired) electrons. The second-order valence-corrected chi connectivity index (χ2v) is 10.6. The first-order chi connectivity index (χ1) is 13.2. The maximum atomic E-state index is 12.5. The van der Waals surface area contributed by atoms with Gasteiger partial charge in [0.25, 0.3) is 0 Å². The number of carbonyl (C=O) groups is 3. The zero-order valence-corrected chi connectivity index (χ0v) is 18.7. The first-order valence-electron chi connectivity index (χ1n) is 10.5. The lowest BCUT2D eigenvalue weighted by Gasteiger charge is -2.48. The van der Waals surface area contributed by atoms with E-state index in [1.807, 2.05) is 41.5 Å². The Hall–Kier alpha value is -1.83. The summed E-state index contributed by atoms with van der Waals surface area (Å²) in [5.41, 5.74) is -1.07. The van der Waals surface area contributed by atoms with E-state index in [-0.39, 0.29) is 30.4 Å². The summed E-state index contributed by atoms with van der Waals surface area (Å²) in [5.74, 6) is -1.10. The Balaban J connectivity index is 1.98. The van der Waals surface area contributed by atoms with Crippen LogP contribution in [-0.4, -0.2) is 83.0 Å². The van der Waals surface area contributed by atoms with Crippen molar-refractivity contribution in [2.45, 2.75) is 65.6 Å². The summed E-state index contributed by atoms with van der Waals surface area (Å²) >= 11 is 0. The number of hydrogen-bond donors (Lipinski definition) is 1. The summed E-state index contributed by atoms with van der Waals surface area (Å²) in [6.45, 7) is 14.5. The average molecular weight is 414 g/mol. The smallest absolute Gasteiger partial charge is 0.410 e. The van der Waals surface area contributed by atoms with Gasteiger partial charge in [0.1, 0.15) is 11.2 Å². The number of hydrogen-bond acceptors (Lipinski definition) is 5. The molecule has 0 aromatic rings. The topological polar surface area (TPSA) is 93.1 Å². The minimum absolute atomic E-state index is 0.243. The van der Waals surface area contributed by atoms with Crippen LogP contribution in [0, 0.1) is 11.8 Å². The van der Waals surface area contributed by atoms with Crippen molar-refractivity contribution in [1.82, 2.24) is 4.90 Å². The van der Waals surface area contributed by atoms with Gasteiger partial charge >= 0.3 is 18.0 Å². The largest absolute Gasteiger partial charge is 0.481 e. The fourth-order valence-electron chi connectivity index (χ4n) is 4.12. The predicted octanol–water partition coefficient (Wildman–Crippen LogP) is 2.51. The quantitative estimate of drug-likeness (QED) is 0.550. The Morgan fingerprint density at radius 2 is 1.48 bits per heavy atom. The number of rotatable bonds is 5. The SMILES string of the molecule is CC(C)(C)OC(=O)C[N@+]1(CC2CN(C(=O)OC(C)(C)C)C2)CC[C@@H](C(=O)O)CC1. The summed E-state index contributed by atoms with van der Waals surface area (Å²) in [6, 6.07) is 0. The maximum absolute atomic E-state index is 12.5. The molecular weight excluding hydrogens is 376 g/mol. The first kappa shape index (κ1) is 23.4. The van der Waals surface area contributed by atoms with Crippen LogP contribution in [0.2, 0.25) is 0 Å². The highest BCUT2D eigenvalue weighted by Gasteiger charge is 2.44. The van der Waals surface area contributed by atoms with Gasteiger partial charge in [0, 0.05) is 31.8 Å². The van der Waals surface area contributed by atoms with Crippen LogP contribution in [0.3, 0.4) is 0 Å². The molecule has 29 heavy (non-hydrogen) atoms. The Bertz CT molecular complexity index is 620. The number of nitrogens with zero attached hydrogens (tertiary/aromatic N) is 2. The van der Waals surface area contributed by atoms with E-state index >= 15 is 0 Å². The van der Waals surface area contributed by atoms with Crippen LogP contribution < -0.4 is 0 Å². The van der Waals surface area contributed by atoms with Crippen molar-refractivity contribution in [3.05, 3.63) is 0 Å². The Morgan fingerprint density at radius 3 is 1.93 bits per heavy atom. The molecule has 0 atom stereocenters. The molecule has 166 valence electrons. The van der Waals surface area contributed by atoms with E-state index in [4.69, 9.17) is 9.47 Å². The van der Waals surface area contributed by atoms with Crippen LogP contribution >= 0.6 is 0 Å².